The van der Waals surface area contributed by atoms with E-state index in [1.807, 2.05) is 65.3 Å². The van der Waals surface area contributed by atoms with Gasteiger partial charge >= 0.3 is 0 Å². The second-order valence-electron chi connectivity index (χ2n) is 9.36. The molecule has 2 fully saturated rings. The first-order valence-electron chi connectivity index (χ1n) is 12.3. The number of nitrogens with zero attached hydrogens (tertiary/aromatic N) is 4. The first-order valence-corrected chi connectivity index (χ1v) is 12.3. The minimum absolute atomic E-state index is 0.0181. The topological polar surface area (TPSA) is 75.6 Å². The van der Waals surface area contributed by atoms with Crippen molar-refractivity contribution in [2.75, 3.05) is 19.6 Å². The highest BCUT2D eigenvalue weighted by molar-refractivity contribution is 5.94. The molecule has 0 N–H and O–H groups in total. The van der Waals surface area contributed by atoms with Crippen LogP contribution in [0.25, 0.3) is 0 Å². The minimum atomic E-state index is 0.0181. The average molecular weight is 471 g/mol. The van der Waals surface area contributed by atoms with E-state index in [0.717, 1.165) is 54.9 Å². The number of benzene rings is 2. The Morgan fingerprint density at radius 3 is 2.80 bits per heavy atom. The molecule has 2 aliphatic rings. The Hall–Kier alpha value is -3.74. The SMILES string of the molecule is Cc1ccccc1Oc1cncc([C@@H]2CCCN(C(=O)c3cccc(CN4CCCC4=O)c3)C2)n1. The average Bonchev–Trinajstić information content (AvgIpc) is 3.29. The normalized spacial score (nSPS) is 18.1. The molecule has 7 heteroatoms. The Kier molecular flexibility index (Phi) is 6.75. The van der Waals surface area contributed by atoms with Crippen LogP contribution in [0.3, 0.4) is 0 Å². The van der Waals surface area contributed by atoms with Gasteiger partial charge in [-0.25, -0.2) is 4.98 Å². The molecule has 0 aliphatic carbocycles. The van der Waals surface area contributed by atoms with Gasteiger partial charge in [0.15, 0.2) is 0 Å². The zero-order valence-corrected chi connectivity index (χ0v) is 20.0. The van der Waals surface area contributed by atoms with Crippen LogP contribution in [0.5, 0.6) is 11.6 Å². The van der Waals surface area contributed by atoms with Gasteiger partial charge in [0.25, 0.3) is 5.91 Å². The van der Waals surface area contributed by atoms with E-state index in [2.05, 4.69) is 4.98 Å². The Morgan fingerprint density at radius 1 is 1.09 bits per heavy atom. The summed E-state index contributed by atoms with van der Waals surface area (Å²) in [5, 5.41) is 0. The van der Waals surface area contributed by atoms with Crippen LogP contribution in [0.15, 0.2) is 60.9 Å². The number of likely N-dealkylation sites (tertiary alicyclic amines) is 2. The van der Waals surface area contributed by atoms with Crippen molar-refractivity contribution in [1.29, 1.82) is 0 Å². The molecular weight excluding hydrogens is 440 g/mol. The smallest absolute Gasteiger partial charge is 0.253 e. The van der Waals surface area contributed by atoms with Crippen LogP contribution in [0.1, 0.15) is 58.8 Å². The Labute approximate surface area is 205 Å². The van der Waals surface area contributed by atoms with E-state index in [4.69, 9.17) is 9.72 Å². The Morgan fingerprint density at radius 2 is 1.97 bits per heavy atom. The first kappa shape index (κ1) is 23.0. The predicted octanol–water partition coefficient (Wildman–Crippen LogP) is 4.72. The lowest BCUT2D eigenvalue weighted by Crippen LogP contribution is -2.39. The van der Waals surface area contributed by atoms with Gasteiger partial charge in [0, 0.05) is 50.3 Å². The molecule has 180 valence electrons. The number of rotatable bonds is 6. The van der Waals surface area contributed by atoms with Crippen LogP contribution < -0.4 is 4.74 Å². The summed E-state index contributed by atoms with van der Waals surface area (Å²) >= 11 is 0. The van der Waals surface area contributed by atoms with Crippen LogP contribution in [-0.4, -0.2) is 51.2 Å². The highest BCUT2D eigenvalue weighted by Gasteiger charge is 2.27. The van der Waals surface area contributed by atoms with E-state index in [1.165, 1.54) is 0 Å². The summed E-state index contributed by atoms with van der Waals surface area (Å²) in [6.45, 7) is 4.66. The fourth-order valence-electron chi connectivity index (χ4n) is 4.87. The summed E-state index contributed by atoms with van der Waals surface area (Å²) in [6, 6.07) is 15.5. The first-order chi connectivity index (χ1) is 17.1. The number of carbonyl (C=O) groups is 2. The maximum atomic E-state index is 13.4. The molecule has 1 atom stereocenters. The molecule has 7 nitrogen and oxygen atoms in total. The maximum Gasteiger partial charge on any atom is 0.253 e. The van der Waals surface area contributed by atoms with E-state index in [-0.39, 0.29) is 17.7 Å². The summed E-state index contributed by atoms with van der Waals surface area (Å²) in [5.74, 6) is 1.53. The van der Waals surface area contributed by atoms with Crippen molar-refractivity contribution >= 4 is 11.8 Å². The molecule has 3 aromatic rings. The van der Waals surface area contributed by atoms with E-state index in [1.54, 1.807) is 12.4 Å². The van der Waals surface area contributed by atoms with Gasteiger partial charge in [-0.2, -0.15) is 0 Å². The molecule has 0 bridgehead atoms. The van der Waals surface area contributed by atoms with Crippen molar-refractivity contribution in [3.63, 3.8) is 0 Å². The third-order valence-corrected chi connectivity index (χ3v) is 6.78. The van der Waals surface area contributed by atoms with Gasteiger partial charge in [-0.3, -0.25) is 14.6 Å². The van der Waals surface area contributed by atoms with E-state index in [9.17, 15) is 9.59 Å². The summed E-state index contributed by atoms with van der Waals surface area (Å²) < 4.78 is 5.98. The van der Waals surface area contributed by atoms with Gasteiger partial charge < -0.3 is 14.5 Å². The number of hydrogen-bond donors (Lipinski definition) is 0. The maximum absolute atomic E-state index is 13.4. The minimum Gasteiger partial charge on any atom is -0.437 e. The second-order valence-corrected chi connectivity index (χ2v) is 9.36. The van der Waals surface area contributed by atoms with Gasteiger partial charge in [-0.15, -0.1) is 0 Å². The standard InChI is InChI=1S/C28H30N4O3/c1-20-7-2-3-11-25(20)35-26-17-29-16-24(30-26)23-10-5-14-32(19-23)28(34)22-9-4-8-21(15-22)18-31-13-6-12-27(31)33/h2-4,7-9,11,15-17,23H,5-6,10,12-14,18-19H2,1H3/t23-/m1/s1. The summed E-state index contributed by atoms with van der Waals surface area (Å²) in [7, 11) is 0. The fourth-order valence-corrected chi connectivity index (χ4v) is 4.87. The zero-order valence-electron chi connectivity index (χ0n) is 20.0. The molecule has 0 saturated carbocycles. The van der Waals surface area contributed by atoms with E-state index < -0.39 is 0 Å². The lowest BCUT2D eigenvalue weighted by atomic mass is 9.94. The lowest BCUT2D eigenvalue weighted by molar-refractivity contribution is -0.128. The van der Waals surface area contributed by atoms with Gasteiger partial charge in [0.2, 0.25) is 11.8 Å². The molecule has 2 aliphatic heterocycles. The van der Waals surface area contributed by atoms with Crippen LogP contribution in [0.2, 0.25) is 0 Å². The number of aryl methyl sites for hydroxylation is 1. The van der Waals surface area contributed by atoms with Gasteiger partial charge in [-0.1, -0.05) is 30.3 Å². The molecule has 35 heavy (non-hydrogen) atoms. The van der Waals surface area contributed by atoms with E-state index in [0.29, 0.717) is 31.0 Å². The highest BCUT2D eigenvalue weighted by Crippen LogP contribution is 2.29. The van der Waals surface area contributed by atoms with Crippen LogP contribution in [0.4, 0.5) is 0 Å². The van der Waals surface area contributed by atoms with Crippen LogP contribution in [-0.2, 0) is 11.3 Å². The van der Waals surface area contributed by atoms with Crippen molar-refractivity contribution in [3.05, 3.63) is 83.3 Å². The summed E-state index contributed by atoms with van der Waals surface area (Å²) in [5.41, 5.74) is 3.53. The summed E-state index contributed by atoms with van der Waals surface area (Å²) in [6.07, 6.45) is 6.78. The van der Waals surface area contributed by atoms with Crippen molar-refractivity contribution in [3.8, 4) is 11.6 Å². The molecule has 0 spiro atoms. The number of amides is 2. The molecule has 2 amide bonds. The van der Waals surface area contributed by atoms with Gasteiger partial charge in [0.1, 0.15) is 5.75 Å². The lowest BCUT2D eigenvalue weighted by Gasteiger charge is -2.32. The number of piperidine rings is 1. The third kappa shape index (κ3) is 5.34. The molecule has 5 rings (SSSR count). The number of para-hydroxylation sites is 1. The van der Waals surface area contributed by atoms with E-state index >= 15 is 0 Å². The quantitative estimate of drug-likeness (QED) is 0.521. The monoisotopic (exact) mass is 470 g/mol. The number of hydrogen-bond acceptors (Lipinski definition) is 5. The summed E-state index contributed by atoms with van der Waals surface area (Å²) in [4.78, 5) is 38.2. The molecule has 2 aromatic carbocycles. The van der Waals surface area contributed by atoms with Gasteiger partial charge in [0.05, 0.1) is 11.9 Å². The Balaban J connectivity index is 1.27. The number of ether oxygens (including phenoxy) is 1. The van der Waals surface area contributed by atoms with Crippen molar-refractivity contribution < 1.29 is 14.3 Å². The molecule has 0 radical (unpaired) electrons. The molecule has 3 heterocycles. The van der Waals surface area contributed by atoms with Crippen molar-refractivity contribution in [2.45, 2.75) is 45.1 Å². The molecule has 1 aromatic heterocycles. The van der Waals surface area contributed by atoms with Crippen molar-refractivity contribution in [2.24, 2.45) is 0 Å². The van der Waals surface area contributed by atoms with Gasteiger partial charge in [-0.05, 0) is 55.5 Å². The predicted molar refractivity (Wildman–Crippen MR) is 132 cm³/mol. The van der Waals surface area contributed by atoms with Crippen LogP contribution in [0, 0.1) is 6.92 Å². The number of aromatic nitrogens is 2. The van der Waals surface area contributed by atoms with Crippen LogP contribution >= 0.6 is 0 Å². The molecule has 2 saturated heterocycles. The third-order valence-electron chi connectivity index (χ3n) is 6.78. The Bertz CT molecular complexity index is 1230. The largest absolute Gasteiger partial charge is 0.437 e. The molecule has 0 unspecified atom stereocenters. The molecular formula is C28H30N4O3. The highest BCUT2D eigenvalue weighted by atomic mass is 16.5. The number of carbonyl (C=O) groups excluding carboxylic acids is 2. The zero-order chi connectivity index (χ0) is 24.2. The van der Waals surface area contributed by atoms with Crippen molar-refractivity contribution in [1.82, 2.24) is 19.8 Å². The fraction of sp³-hybridized carbons (Fsp3) is 0.357. The second kappa shape index (κ2) is 10.3.